The first-order valence-electron chi connectivity index (χ1n) is 8.08. The number of hydrogen-bond acceptors (Lipinski definition) is 2. The molecule has 1 aromatic carbocycles. The molecule has 0 radical (unpaired) electrons. The van der Waals surface area contributed by atoms with E-state index in [9.17, 15) is 4.79 Å². The molecule has 1 N–H and O–H groups in total. The maximum atomic E-state index is 12.8. The molecule has 2 aliphatic rings. The number of benzene rings is 1. The van der Waals surface area contributed by atoms with Crippen molar-refractivity contribution >= 4 is 11.6 Å². The van der Waals surface area contributed by atoms with Gasteiger partial charge in [0.15, 0.2) is 0 Å². The molecule has 1 amide bonds. The quantitative estimate of drug-likeness (QED) is 0.857. The normalized spacial score (nSPS) is 22.8. The van der Waals surface area contributed by atoms with E-state index in [0.717, 1.165) is 44.1 Å². The van der Waals surface area contributed by atoms with E-state index in [1.54, 1.807) is 0 Å². The Balaban J connectivity index is 1.66. The van der Waals surface area contributed by atoms with Gasteiger partial charge in [0.2, 0.25) is 5.91 Å². The molecule has 2 aliphatic heterocycles. The zero-order valence-electron chi connectivity index (χ0n) is 13.4. The van der Waals surface area contributed by atoms with Crippen LogP contribution in [0.25, 0.3) is 0 Å². The maximum Gasteiger partial charge on any atom is 0.231 e. The van der Waals surface area contributed by atoms with Crippen molar-refractivity contribution in [2.45, 2.75) is 39.5 Å². The van der Waals surface area contributed by atoms with Crippen molar-refractivity contribution in [2.24, 2.45) is 11.3 Å². The summed E-state index contributed by atoms with van der Waals surface area (Å²) in [5, 5.41) is 3.36. The molecule has 3 heteroatoms. The van der Waals surface area contributed by atoms with E-state index in [1.807, 2.05) is 12.1 Å². The number of para-hydroxylation sites is 1. The van der Waals surface area contributed by atoms with E-state index in [0.29, 0.717) is 11.3 Å². The molecule has 1 fully saturated rings. The molecule has 0 aliphatic carbocycles. The summed E-state index contributed by atoms with van der Waals surface area (Å²) in [6, 6.07) is 8.19. The number of rotatable bonds is 1. The molecule has 3 rings (SSSR count). The number of hydrogen-bond donors (Lipinski definition) is 1. The lowest BCUT2D eigenvalue weighted by Gasteiger charge is -2.39. The van der Waals surface area contributed by atoms with Crippen molar-refractivity contribution in [1.29, 1.82) is 0 Å². The Bertz CT molecular complexity index is 524. The van der Waals surface area contributed by atoms with Crippen molar-refractivity contribution in [3.8, 4) is 0 Å². The number of amides is 1. The summed E-state index contributed by atoms with van der Waals surface area (Å²) >= 11 is 0. The van der Waals surface area contributed by atoms with Crippen LogP contribution in [-0.4, -0.2) is 30.4 Å². The molecular formula is C18H26N2O. The molecule has 0 saturated carbocycles. The van der Waals surface area contributed by atoms with Gasteiger partial charge in [0.25, 0.3) is 0 Å². The van der Waals surface area contributed by atoms with Crippen molar-refractivity contribution < 1.29 is 4.79 Å². The number of anilines is 1. The van der Waals surface area contributed by atoms with Gasteiger partial charge in [-0.15, -0.1) is 0 Å². The second kappa shape index (κ2) is 5.36. The molecule has 1 unspecified atom stereocenters. The second-order valence-corrected chi connectivity index (χ2v) is 7.49. The van der Waals surface area contributed by atoms with Gasteiger partial charge in [0, 0.05) is 25.3 Å². The van der Waals surface area contributed by atoms with Crippen molar-refractivity contribution in [1.82, 2.24) is 4.90 Å². The highest BCUT2D eigenvalue weighted by molar-refractivity contribution is 5.88. The minimum absolute atomic E-state index is 0.00684. The van der Waals surface area contributed by atoms with Crippen LogP contribution in [0.1, 0.15) is 45.1 Å². The van der Waals surface area contributed by atoms with Crippen molar-refractivity contribution in [3.05, 3.63) is 29.8 Å². The molecule has 2 heterocycles. The highest BCUT2D eigenvalue weighted by Crippen LogP contribution is 2.37. The number of nitrogens with zero attached hydrogens (tertiary/aromatic N) is 1. The third kappa shape index (κ3) is 2.78. The number of carbonyl (C=O) groups excluding carboxylic acids is 1. The third-order valence-corrected chi connectivity index (χ3v) is 5.16. The van der Waals surface area contributed by atoms with Gasteiger partial charge in [0.05, 0.1) is 5.92 Å². The first kappa shape index (κ1) is 14.4. The smallest absolute Gasteiger partial charge is 0.231 e. The molecule has 0 aromatic heterocycles. The van der Waals surface area contributed by atoms with Crippen LogP contribution in [0.15, 0.2) is 24.3 Å². The summed E-state index contributed by atoms with van der Waals surface area (Å²) < 4.78 is 0. The van der Waals surface area contributed by atoms with Crippen LogP contribution < -0.4 is 5.32 Å². The van der Waals surface area contributed by atoms with E-state index in [-0.39, 0.29) is 5.92 Å². The lowest BCUT2D eigenvalue weighted by molar-refractivity contribution is -0.134. The Kier molecular flexibility index (Phi) is 3.68. The number of likely N-dealkylation sites (tertiary alicyclic amines) is 1. The fraction of sp³-hybridized carbons (Fsp3) is 0.611. The van der Waals surface area contributed by atoms with Crippen LogP contribution in [-0.2, 0) is 4.79 Å². The van der Waals surface area contributed by atoms with Crippen LogP contribution in [0.5, 0.6) is 0 Å². The van der Waals surface area contributed by atoms with E-state index in [2.05, 4.69) is 43.1 Å². The SMILES string of the molecule is CC(C)(C)C1CCN(C(=O)C2CNc3ccccc32)CC1. The summed E-state index contributed by atoms with van der Waals surface area (Å²) in [4.78, 5) is 14.9. The predicted molar refractivity (Wildman–Crippen MR) is 86.4 cm³/mol. The third-order valence-electron chi connectivity index (χ3n) is 5.16. The van der Waals surface area contributed by atoms with Gasteiger partial charge in [-0.1, -0.05) is 39.0 Å². The van der Waals surface area contributed by atoms with Crippen molar-refractivity contribution in [2.75, 3.05) is 25.0 Å². The molecule has 114 valence electrons. The molecule has 3 nitrogen and oxygen atoms in total. The van der Waals surface area contributed by atoms with Crippen LogP contribution in [0.3, 0.4) is 0 Å². The molecule has 0 bridgehead atoms. The van der Waals surface area contributed by atoms with Gasteiger partial charge in [-0.25, -0.2) is 0 Å². The van der Waals surface area contributed by atoms with E-state index >= 15 is 0 Å². The number of carbonyl (C=O) groups is 1. The standard InChI is InChI=1S/C18H26N2O/c1-18(2,3)13-8-10-20(11-9-13)17(21)15-12-19-16-7-5-4-6-14(15)16/h4-7,13,15,19H,8-12H2,1-3H3. The van der Waals surface area contributed by atoms with Crippen LogP contribution in [0, 0.1) is 11.3 Å². The largest absolute Gasteiger partial charge is 0.384 e. The van der Waals surface area contributed by atoms with Crippen LogP contribution in [0.4, 0.5) is 5.69 Å². The Morgan fingerprint density at radius 3 is 2.52 bits per heavy atom. The summed E-state index contributed by atoms with van der Waals surface area (Å²) in [7, 11) is 0. The molecule has 21 heavy (non-hydrogen) atoms. The zero-order valence-corrected chi connectivity index (χ0v) is 13.4. The summed E-state index contributed by atoms with van der Waals surface area (Å²) in [6.07, 6.45) is 2.27. The molecule has 1 saturated heterocycles. The summed E-state index contributed by atoms with van der Waals surface area (Å²) in [5.41, 5.74) is 2.65. The van der Waals surface area contributed by atoms with E-state index in [4.69, 9.17) is 0 Å². The zero-order chi connectivity index (χ0) is 15.0. The first-order valence-corrected chi connectivity index (χ1v) is 8.08. The fourth-order valence-corrected chi connectivity index (χ4v) is 3.69. The minimum atomic E-state index is 0.00684. The average molecular weight is 286 g/mol. The van der Waals surface area contributed by atoms with E-state index in [1.165, 1.54) is 5.56 Å². The number of fused-ring (bicyclic) bond motifs is 1. The summed E-state index contributed by atoms with van der Waals surface area (Å²) in [5.74, 6) is 1.04. The summed E-state index contributed by atoms with van der Waals surface area (Å²) in [6.45, 7) is 9.51. The van der Waals surface area contributed by atoms with Crippen molar-refractivity contribution in [3.63, 3.8) is 0 Å². The lowest BCUT2D eigenvalue weighted by atomic mass is 9.75. The molecular weight excluding hydrogens is 260 g/mol. The minimum Gasteiger partial charge on any atom is -0.384 e. The maximum absolute atomic E-state index is 12.8. The monoisotopic (exact) mass is 286 g/mol. The fourth-order valence-electron chi connectivity index (χ4n) is 3.69. The highest BCUT2D eigenvalue weighted by atomic mass is 16.2. The van der Waals surface area contributed by atoms with Gasteiger partial charge in [-0.05, 0) is 35.8 Å². The average Bonchev–Trinajstić information content (AvgIpc) is 2.90. The Morgan fingerprint density at radius 2 is 1.86 bits per heavy atom. The van der Waals surface area contributed by atoms with Gasteiger partial charge in [-0.3, -0.25) is 4.79 Å². The Hall–Kier alpha value is -1.51. The molecule has 0 spiro atoms. The molecule has 1 aromatic rings. The van der Waals surface area contributed by atoms with Gasteiger partial charge in [0.1, 0.15) is 0 Å². The lowest BCUT2D eigenvalue weighted by Crippen LogP contribution is -2.43. The Morgan fingerprint density at radius 1 is 1.19 bits per heavy atom. The van der Waals surface area contributed by atoms with E-state index < -0.39 is 0 Å². The number of nitrogens with one attached hydrogen (secondary N) is 1. The van der Waals surface area contributed by atoms with Crippen LogP contribution in [0.2, 0.25) is 0 Å². The second-order valence-electron chi connectivity index (χ2n) is 7.49. The highest BCUT2D eigenvalue weighted by Gasteiger charge is 2.35. The van der Waals surface area contributed by atoms with Gasteiger partial charge in [-0.2, -0.15) is 0 Å². The van der Waals surface area contributed by atoms with Crippen LogP contribution >= 0.6 is 0 Å². The first-order chi connectivity index (χ1) is 9.97. The molecule has 1 atom stereocenters. The number of piperidine rings is 1. The Labute approximate surface area is 127 Å². The topological polar surface area (TPSA) is 32.3 Å². The van der Waals surface area contributed by atoms with Gasteiger partial charge < -0.3 is 10.2 Å². The predicted octanol–water partition coefficient (Wildman–Crippen LogP) is 3.48. The van der Waals surface area contributed by atoms with Gasteiger partial charge >= 0.3 is 0 Å².